The van der Waals surface area contributed by atoms with Crippen LogP contribution in [0.3, 0.4) is 0 Å². The fourth-order valence-electron chi connectivity index (χ4n) is 7.02. The van der Waals surface area contributed by atoms with Crippen molar-refractivity contribution in [2.24, 2.45) is 23.7 Å². The molecule has 8 nitrogen and oxygen atoms in total. The van der Waals surface area contributed by atoms with Crippen molar-refractivity contribution >= 4 is 23.2 Å². The van der Waals surface area contributed by atoms with Crippen LogP contribution in [-0.4, -0.2) is 92.4 Å². The van der Waals surface area contributed by atoms with E-state index in [4.69, 9.17) is 30.5 Å². The molecule has 31 heavy (non-hydrogen) atoms. The van der Waals surface area contributed by atoms with E-state index >= 15 is 0 Å². The lowest BCUT2D eigenvalue weighted by Gasteiger charge is -2.43. The molecule has 0 radical (unpaired) electrons. The van der Waals surface area contributed by atoms with Gasteiger partial charge in [-0.25, -0.2) is 5.01 Å². The smallest absolute Gasteiger partial charge is 0.188 e. The normalized spacial score (nSPS) is 52.7. The number of carbonyl (C=O) groups is 2. The summed E-state index contributed by atoms with van der Waals surface area (Å²) in [5, 5.41) is 1.56. The van der Waals surface area contributed by atoms with Crippen LogP contribution in [0, 0.1) is 23.7 Å². The van der Waals surface area contributed by atoms with Crippen molar-refractivity contribution in [2.45, 2.75) is 67.6 Å². The largest absolute Gasteiger partial charge is 0.381 e. The summed E-state index contributed by atoms with van der Waals surface area (Å²) in [6, 6.07) is -0.0142. The molecule has 2 aliphatic carbocycles. The zero-order valence-electron chi connectivity index (χ0n) is 18.6. The van der Waals surface area contributed by atoms with Crippen molar-refractivity contribution in [2.75, 3.05) is 34.5 Å². The molecule has 3 saturated heterocycles. The Labute approximate surface area is 188 Å². The van der Waals surface area contributed by atoms with E-state index in [2.05, 4.69) is 10.4 Å². The van der Waals surface area contributed by atoms with Crippen LogP contribution in [0.5, 0.6) is 0 Å². The highest BCUT2D eigenvalue weighted by atomic mass is 35.5. The van der Waals surface area contributed by atoms with Crippen molar-refractivity contribution in [1.29, 1.82) is 0 Å². The van der Waals surface area contributed by atoms with Crippen molar-refractivity contribution in [3.63, 3.8) is 0 Å². The average molecular weight is 457 g/mol. The molecule has 0 aromatic carbocycles. The van der Waals surface area contributed by atoms with Gasteiger partial charge in [0.25, 0.3) is 0 Å². The summed E-state index contributed by atoms with van der Waals surface area (Å²) in [5.74, 6) is -1.12. The summed E-state index contributed by atoms with van der Waals surface area (Å²) in [6.07, 6.45) is 0.850. The van der Waals surface area contributed by atoms with Gasteiger partial charge in [-0.15, -0.1) is 11.6 Å². The van der Waals surface area contributed by atoms with Gasteiger partial charge < -0.3 is 18.9 Å². The molecule has 8 unspecified atom stereocenters. The predicted octanol–water partition coefficient (Wildman–Crippen LogP) is 0.799. The van der Waals surface area contributed by atoms with E-state index < -0.39 is 23.0 Å². The number of nitrogens with zero attached hydrogens (tertiary/aromatic N) is 1. The number of carbonyl (C=O) groups excluding carboxylic acids is 2. The summed E-state index contributed by atoms with van der Waals surface area (Å²) in [6.45, 7) is 3.31. The van der Waals surface area contributed by atoms with Gasteiger partial charge in [-0.05, 0) is 12.8 Å². The number of rotatable bonds is 3. The van der Waals surface area contributed by atoms with Crippen molar-refractivity contribution in [3.05, 3.63) is 0 Å². The van der Waals surface area contributed by atoms with Crippen LogP contribution in [0.15, 0.2) is 0 Å². The number of halogens is 1. The first kappa shape index (κ1) is 22.2. The molecule has 0 aromatic rings. The monoisotopic (exact) mass is 456 g/mol. The van der Waals surface area contributed by atoms with E-state index in [1.165, 1.54) is 0 Å². The topological polar surface area (TPSA) is 86.3 Å². The number of alkyl halides is 1. The molecule has 174 valence electrons. The molecule has 3 aliphatic heterocycles. The Morgan fingerprint density at radius 2 is 1.84 bits per heavy atom. The van der Waals surface area contributed by atoms with Gasteiger partial charge in [-0.1, -0.05) is 6.92 Å². The van der Waals surface area contributed by atoms with Gasteiger partial charge >= 0.3 is 0 Å². The zero-order valence-corrected chi connectivity index (χ0v) is 19.3. The molecule has 5 aliphatic rings. The molecule has 5 fully saturated rings. The molecule has 5 rings (SSSR count). The standard InChI is InChI=1S/C22H33ClN2O6/c1-10-7-12-15(18(25(2)24-12)11-5-6-30-9-11)20(26)22(10)21(27)16-13(28-3)8-14(29-4)17(23)19(16)31-22/h10-19,24H,5-9H2,1-4H3/t10-,11+,12?,13?,14?,15?,16?,17?,18?,19?,22+/m1/s1. The van der Waals surface area contributed by atoms with Crippen molar-refractivity contribution < 1.29 is 28.5 Å². The summed E-state index contributed by atoms with van der Waals surface area (Å²) < 4.78 is 23.4. The van der Waals surface area contributed by atoms with Crippen LogP contribution >= 0.6 is 11.6 Å². The average Bonchev–Trinajstić information content (AvgIpc) is 3.45. The number of ether oxygens (including phenoxy) is 4. The second-order valence-electron chi connectivity index (χ2n) is 9.92. The predicted molar refractivity (Wildman–Crippen MR) is 112 cm³/mol. The molecule has 3 heterocycles. The van der Waals surface area contributed by atoms with E-state index in [-0.39, 0.29) is 53.6 Å². The fourth-order valence-corrected chi connectivity index (χ4v) is 7.44. The minimum absolute atomic E-state index is 0.000466. The number of hydrogen-bond acceptors (Lipinski definition) is 8. The number of nitrogens with one attached hydrogen (secondary N) is 1. The molecule has 0 aromatic heterocycles. The minimum Gasteiger partial charge on any atom is -0.381 e. The Hall–Kier alpha value is -0.610. The summed E-state index contributed by atoms with van der Waals surface area (Å²) in [4.78, 5) is 28.2. The number of ketones is 2. The van der Waals surface area contributed by atoms with Gasteiger partial charge in [0.05, 0.1) is 42.1 Å². The van der Waals surface area contributed by atoms with Gasteiger partial charge in [-0.2, -0.15) is 0 Å². The first-order valence-corrected chi connectivity index (χ1v) is 11.8. The third kappa shape index (κ3) is 3.02. The Balaban J connectivity index is 1.51. The van der Waals surface area contributed by atoms with Crippen LogP contribution in [-0.2, 0) is 28.5 Å². The van der Waals surface area contributed by atoms with Crippen LogP contribution in [0.1, 0.15) is 26.2 Å². The number of hydrazine groups is 1. The van der Waals surface area contributed by atoms with E-state index in [9.17, 15) is 9.59 Å². The lowest BCUT2D eigenvalue weighted by molar-refractivity contribution is -0.170. The molecular formula is C22H33ClN2O6. The highest BCUT2D eigenvalue weighted by Gasteiger charge is 2.71. The number of methoxy groups -OCH3 is 2. The van der Waals surface area contributed by atoms with Crippen LogP contribution in [0.2, 0.25) is 0 Å². The zero-order chi connectivity index (χ0) is 22.1. The minimum atomic E-state index is -1.46. The lowest BCUT2D eigenvalue weighted by atomic mass is 9.62. The van der Waals surface area contributed by atoms with Crippen LogP contribution in [0.4, 0.5) is 0 Å². The Bertz CT molecular complexity index is 748. The lowest BCUT2D eigenvalue weighted by Crippen LogP contribution is -2.62. The van der Waals surface area contributed by atoms with E-state index in [0.29, 0.717) is 26.1 Å². The van der Waals surface area contributed by atoms with E-state index in [0.717, 1.165) is 6.42 Å². The maximum absolute atomic E-state index is 14.2. The maximum atomic E-state index is 14.2. The first-order chi connectivity index (χ1) is 14.8. The summed E-state index contributed by atoms with van der Waals surface area (Å²) in [5.41, 5.74) is 2.03. The van der Waals surface area contributed by atoms with E-state index in [1.54, 1.807) is 14.2 Å². The molecular weight excluding hydrogens is 424 g/mol. The highest BCUT2D eigenvalue weighted by molar-refractivity contribution is 6.23. The van der Waals surface area contributed by atoms with Crippen LogP contribution < -0.4 is 5.43 Å². The van der Waals surface area contributed by atoms with Gasteiger partial charge in [0.1, 0.15) is 0 Å². The molecule has 0 bridgehead atoms. The first-order valence-electron chi connectivity index (χ1n) is 11.4. The number of fused-ring (bicyclic) bond motifs is 2. The molecule has 9 heteroatoms. The summed E-state index contributed by atoms with van der Waals surface area (Å²) in [7, 11) is 5.18. The van der Waals surface area contributed by atoms with Gasteiger partial charge in [0, 0.05) is 58.2 Å². The Morgan fingerprint density at radius 1 is 1.13 bits per heavy atom. The fraction of sp³-hybridized carbons (Fsp3) is 0.909. The van der Waals surface area contributed by atoms with E-state index in [1.807, 2.05) is 14.0 Å². The van der Waals surface area contributed by atoms with Gasteiger partial charge in [-0.3, -0.25) is 15.0 Å². The molecule has 1 N–H and O–H groups in total. The Morgan fingerprint density at radius 3 is 2.48 bits per heavy atom. The molecule has 0 amide bonds. The third-order valence-corrected chi connectivity index (χ3v) is 9.05. The van der Waals surface area contributed by atoms with Gasteiger partial charge in [0.2, 0.25) is 0 Å². The highest BCUT2D eigenvalue weighted by Crippen LogP contribution is 2.53. The SMILES string of the molecule is COC1CC(OC)C2C(=O)[C@@]3(OC2C1Cl)C(=O)C1C(C[C@H]3C)NN(C)C1[C@H]1CCOC1. The van der Waals surface area contributed by atoms with Gasteiger partial charge in [0.15, 0.2) is 17.2 Å². The third-order valence-electron chi connectivity index (χ3n) is 8.52. The van der Waals surface area contributed by atoms with Crippen molar-refractivity contribution in [1.82, 2.24) is 10.4 Å². The molecule has 2 saturated carbocycles. The van der Waals surface area contributed by atoms with Crippen molar-refractivity contribution in [3.8, 4) is 0 Å². The number of hydrogen-bond donors (Lipinski definition) is 1. The molecule has 11 atom stereocenters. The quantitative estimate of drug-likeness (QED) is 0.493. The number of Topliss-reactive ketones (excluding diaryl/α,β-unsaturated/α-hetero) is 2. The second-order valence-corrected chi connectivity index (χ2v) is 10.4. The summed E-state index contributed by atoms with van der Waals surface area (Å²) >= 11 is 6.73. The maximum Gasteiger partial charge on any atom is 0.188 e. The second kappa shape index (κ2) is 8.01. The Kier molecular flexibility index (Phi) is 5.73. The van der Waals surface area contributed by atoms with Crippen LogP contribution in [0.25, 0.3) is 0 Å². The molecule has 1 spiro atoms.